The third-order valence-corrected chi connectivity index (χ3v) is 5.63. The fraction of sp³-hybridized carbons (Fsp3) is 0.619. The molecule has 1 heterocycles. The van der Waals surface area contributed by atoms with Crippen molar-refractivity contribution in [3.05, 3.63) is 33.8 Å². The minimum absolute atomic E-state index is 0.0147. The molecule has 1 aromatic rings. The molecule has 3 rings (SSSR count). The predicted molar refractivity (Wildman–Crippen MR) is 111 cm³/mol. The number of amides is 2. The molecule has 1 saturated carbocycles. The first kappa shape index (κ1) is 21.3. The molecule has 0 spiro atoms. The highest BCUT2D eigenvalue weighted by Gasteiger charge is 2.41. The van der Waals surface area contributed by atoms with Crippen LogP contribution < -0.4 is 0 Å². The van der Waals surface area contributed by atoms with Gasteiger partial charge in [-0.1, -0.05) is 29.3 Å². The topological polar surface area (TPSA) is 49.9 Å². The summed E-state index contributed by atoms with van der Waals surface area (Å²) in [4.78, 5) is 29.6. The van der Waals surface area contributed by atoms with Crippen LogP contribution in [0.3, 0.4) is 0 Å². The van der Waals surface area contributed by atoms with Gasteiger partial charge in [-0.3, -0.25) is 9.69 Å². The van der Waals surface area contributed by atoms with Gasteiger partial charge in [0.05, 0.1) is 0 Å². The van der Waals surface area contributed by atoms with Gasteiger partial charge in [0.15, 0.2) is 0 Å². The van der Waals surface area contributed by atoms with Crippen LogP contribution in [0.1, 0.15) is 58.4 Å². The molecule has 1 atom stereocenters. The molecule has 2 fully saturated rings. The van der Waals surface area contributed by atoms with Gasteiger partial charge in [0.1, 0.15) is 11.6 Å². The normalized spacial score (nSPS) is 20.0. The quantitative estimate of drug-likeness (QED) is 0.658. The van der Waals surface area contributed by atoms with E-state index in [9.17, 15) is 9.59 Å². The van der Waals surface area contributed by atoms with Crippen LogP contribution in [0.4, 0.5) is 4.79 Å². The molecule has 0 N–H and O–H groups in total. The number of likely N-dealkylation sites (tertiary alicyclic amines) is 1. The summed E-state index contributed by atoms with van der Waals surface area (Å²) < 4.78 is 5.54. The maximum atomic E-state index is 13.5. The Kier molecular flexibility index (Phi) is 6.45. The number of hydrogen-bond acceptors (Lipinski definition) is 3. The predicted octanol–water partition coefficient (Wildman–Crippen LogP) is 5.27. The standard InChI is InChI=1S/C21H28Cl2N2O3/c1-21(2,3)28-20(27)24-11-5-4-6-18(24)19(26)25(16-9-10-16)13-14-7-8-15(22)12-17(14)23/h7-8,12,16,18H,4-6,9-11,13H2,1-3H3/t18-/m1/s1. The number of hydrogen-bond donors (Lipinski definition) is 0. The Labute approximate surface area is 176 Å². The molecule has 0 radical (unpaired) electrons. The van der Waals surface area contributed by atoms with E-state index >= 15 is 0 Å². The summed E-state index contributed by atoms with van der Waals surface area (Å²) in [6.45, 7) is 6.49. The average molecular weight is 427 g/mol. The Hall–Kier alpha value is -1.46. The number of nitrogens with zero attached hydrogens (tertiary/aromatic N) is 2. The summed E-state index contributed by atoms with van der Waals surface area (Å²) in [6.07, 6.45) is 4.03. The van der Waals surface area contributed by atoms with Gasteiger partial charge in [-0.2, -0.15) is 0 Å². The Bertz CT molecular complexity index is 744. The minimum Gasteiger partial charge on any atom is -0.444 e. The Morgan fingerprint density at radius 3 is 2.50 bits per heavy atom. The highest BCUT2D eigenvalue weighted by Crippen LogP contribution is 2.33. The van der Waals surface area contributed by atoms with Gasteiger partial charge in [0, 0.05) is 29.2 Å². The average Bonchev–Trinajstić information content (AvgIpc) is 3.44. The van der Waals surface area contributed by atoms with Crippen molar-refractivity contribution >= 4 is 35.2 Å². The van der Waals surface area contributed by atoms with Crippen LogP contribution in [0.15, 0.2) is 18.2 Å². The summed E-state index contributed by atoms with van der Waals surface area (Å²) in [5.41, 5.74) is 0.278. The Morgan fingerprint density at radius 2 is 1.89 bits per heavy atom. The van der Waals surface area contributed by atoms with Crippen LogP contribution in [0.2, 0.25) is 10.0 Å². The molecule has 28 heavy (non-hydrogen) atoms. The molecule has 1 saturated heterocycles. The zero-order valence-electron chi connectivity index (χ0n) is 16.7. The maximum Gasteiger partial charge on any atom is 0.410 e. The molecule has 0 bridgehead atoms. The number of halogens is 2. The van der Waals surface area contributed by atoms with Gasteiger partial charge in [0.2, 0.25) is 5.91 Å². The molecule has 1 aromatic carbocycles. The first-order valence-corrected chi connectivity index (χ1v) is 10.7. The van der Waals surface area contributed by atoms with Crippen molar-refractivity contribution in [2.75, 3.05) is 6.54 Å². The van der Waals surface area contributed by atoms with Crippen LogP contribution in [0, 0.1) is 0 Å². The molecule has 7 heteroatoms. The fourth-order valence-corrected chi connectivity index (χ4v) is 3.99. The van der Waals surface area contributed by atoms with Crippen molar-refractivity contribution in [2.24, 2.45) is 0 Å². The van der Waals surface area contributed by atoms with E-state index in [2.05, 4.69) is 0 Å². The van der Waals surface area contributed by atoms with Crippen LogP contribution in [-0.4, -0.2) is 46.0 Å². The van der Waals surface area contributed by atoms with E-state index < -0.39 is 17.7 Å². The largest absolute Gasteiger partial charge is 0.444 e. The van der Waals surface area contributed by atoms with Crippen LogP contribution in [0.5, 0.6) is 0 Å². The Balaban J connectivity index is 1.78. The van der Waals surface area contributed by atoms with E-state index in [0.29, 0.717) is 29.6 Å². The third kappa shape index (κ3) is 5.32. The van der Waals surface area contributed by atoms with Crippen LogP contribution in [0.25, 0.3) is 0 Å². The van der Waals surface area contributed by atoms with Gasteiger partial charge >= 0.3 is 6.09 Å². The number of rotatable bonds is 4. The van der Waals surface area contributed by atoms with Crippen LogP contribution >= 0.6 is 23.2 Å². The number of carbonyl (C=O) groups excluding carboxylic acids is 2. The molecule has 0 unspecified atom stereocenters. The minimum atomic E-state index is -0.588. The number of benzene rings is 1. The van der Waals surface area contributed by atoms with Crippen molar-refractivity contribution in [3.63, 3.8) is 0 Å². The highest BCUT2D eigenvalue weighted by atomic mass is 35.5. The number of piperidine rings is 1. The second-order valence-corrected chi connectivity index (χ2v) is 9.46. The lowest BCUT2D eigenvalue weighted by atomic mass is 10.0. The van der Waals surface area contributed by atoms with Gasteiger partial charge in [-0.05, 0) is 70.6 Å². The lowest BCUT2D eigenvalue weighted by molar-refractivity contribution is -0.139. The SMILES string of the molecule is CC(C)(C)OC(=O)N1CCCC[C@@H]1C(=O)N(Cc1ccc(Cl)cc1Cl)C1CC1. The van der Waals surface area contributed by atoms with Crippen LogP contribution in [-0.2, 0) is 16.1 Å². The molecule has 2 amide bonds. The molecule has 2 aliphatic rings. The second-order valence-electron chi connectivity index (χ2n) is 8.62. The lowest BCUT2D eigenvalue weighted by Gasteiger charge is -2.38. The molecule has 1 aliphatic carbocycles. The van der Waals surface area contributed by atoms with E-state index in [4.69, 9.17) is 27.9 Å². The summed E-state index contributed by atoms with van der Waals surface area (Å²) in [5.74, 6) is -0.0147. The van der Waals surface area contributed by atoms with Crippen molar-refractivity contribution in [1.29, 1.82) is 0 Å². The van der Waals surface area contributed by atoms with Crippen molar-refractivity contribution in [2.45, 2.75) is 77.1 Å². The lowest BCUT2D eigenvalue weighted by Crippen LogP contribution is -2.54. The molecular weight excluding hydrogens is 399 g/mol. The fourth-order valence-electron chi connectivity index (χ4n) is 3.53. The van der Waals surface area contributed by atoms with Crippen molar-refractivity contribution in [3.8, 4) is 0 Å². The summed E-state index contributed by atoms with van der Waals surface area (Å²) in [7, 11) is 0. The first-order chi connectivity index (χ1) is 13.2. The van der Waals surface area contributed by atoms with Gasteiger partial charge in [-0.25, -0.2) is 4.79 Å². The molecule has 5 nitrogen and oxygen atoms in total. The van der Waals surface area contributed by atoms with Crippen molar-refractivity contribution < 1.29 is 14.3 Å². The van der Waals surface area contributed by atoms with E-state index in [0.717, 1.165) is 31.2 Å². The molecular formula is C21H28Cl2N2O3. The second kappa shape index (κ2) is 8.50. The van der Waals surface area contributed by atoms with E-state index in [1.165, 1.54) is 0 Å². The molecule has 0 aromatic heterocycles. The van der Waals surface area contributed by atoms with Crippen molar-refractivity contribution in [1.82, 2.24) is 9.80 Å². The van der Waals surface area contributed by atoms with E-state index in [1.807, 2.05) is 31.7 Å². The zero-order valence-corrected chi connectivity index (χ0v) is 18.2. The summed E-state index contributed by atoms with van der Waals surface area (Å²) in [6, 6.07) is 5.07. The third-order valence-electron chi connectivity index (χ3n) is 5.04. The number of ether oxygens (including phenoxy) is 1. The van der Waals surface area contributed by atoms with E-state index in [1.54, 1.807) is 17.0 Å². The zero-order chi connectivity index (χ0) is 20.5. The monoisotopic (exact) mass is 426 g/mol. The smallest absolute Gasteiger partial charge is 0.410 e. The van der Waals surface area contributed by atoms with E-state index in [-0.39, 0.29) is 11.9 Å². The van der Waals surface area contributed by atoms with Gasteiger partial charge in [0.25, 0.3) is 0 Å². The van der Waals surface area contributed by atoms with Gasteiger partial charge in [-0.15, -0.1) is 0 Å². The molecule has 154 valence electrons. The first-order valence-electron chi connectivity index (χ1n) is 9.90. The summed E-state index contributed by atoms with van der Waals surface area (Å²) >= 11 is 12.3. The highest BCUT2D eigenvalue weighted by molar-refractivity contribution is 6.35. The maximum absolute atomic E-state index is 13.5. The summed E-state index contributed by atoms with van der Waals surface area (Å²) in [5, 5.41) is 1.13. The number of carbonyl (C=O) groups is 2. The van der Waals surface area contributed by atoms with Gasteiger partial charge < -0.3 is 9.64 Å². The molecule has 1 aliphatic heterocycles. The Morgan fingerprint density at radius 1 is 1.18 bits per heavy atom.